The molecule has 0 bridgehead atoms. The lowest BCUT2D eigenvalue weighted by Gasteiger charge is -2.12. The number of hydrogen-bond donors (Lipinski definition) is 3. The molecular formula is C21H22FN5O. The molecule has 0 spiro atoms. The summed E-state index contributed by atoms with van der Waals surface area (Å²) in [6, 6.07) is 17.7. The number of anilines is 1. The summed E-state index contributed by atoms with van der Waals surface area (Å²) in [5, 5.41) is 7.46. The molecule has 0 radical (unpaired) electrons. The predicted molar refractivity (Wildman–Crippen MR) is 105 cm³/mol. The van der Waals surface area contributed by atoms with E-state index in [1.165, 1.54) is 12.1 Å². The molecule has 28 heavy (non-hydrogen) atoms. The summed E-state index contributed by atoms with van der Waals surface area (Å²) in [5.74, 6) is 0.260. The summed E-state index contributed by atoms with van der Waals surface area (Å²) in [5.41, 5.74) is 9.03. The van der Waals surface area contributed by atoms with Crippen LogP contribution in [0.3, 0.4) is 0 Å². The molecule has 1 aliphatic heterocycles. The molecule has 1 aromatic heterocycles. The topological polar surface area (TPSA) is 71.0 Å². The van der Waals surface area contributed by atoms with Crippen LogP contribution in [0.1, 0.15) is 29.3 Å². The fraction of sp³-hybridized carbons (Fsp3) is 0.238. The molecular weight excluding hydrogens is 357 g/mol. The van der Waals surface area contributed by atoms with Crippen molar-refractivity contribution in [1.82, 2.24) is 20.6 Å². The molecule has 2 heterocycles. The van der Waals surface area contributed by atoms with Gasteiger partial charge in [0.2, 0.25) is 5.91 Å². The number of carbonyl (C=O) groups excluding carboxylic acids is 1. The minimum atomic E-state index is -0.393. The predicted octanol–water partition coefficient (Wildman–Crippen LogP) is 2.93. The van der Waals surface area contributed by atoms with Crippen molar-refractivity contribution in [3.8, 4) is 0 Å². The van der Waals surface area contributed by atoms with Crippen LogP contribution in [-0.2, 0) is 11.3 Å². The zero-order valence-corrected chi connectivity index (χ0v) is 15.5. The fourth-order valence-electron chi connectivity index (χ4n) is 3.38. The number of benzene rings is 2. The molecule has 7 heteroatoms. The number of aryl methyl sites for hydroxylation is 1. The van der Waals surface area contributed by atoms with Gasteiger partial charge in [0.1, 0.15) is 17.7 Å². The Bertz CT molecular complexity index is 955. The van der Waals surface area contributed by atoms with Crippen LogP contribution in [0.2, 0.25) is 0 Å². The maximum Gasteiger partial charge on any atom is 0.244 e. The molecule has 1 amide bonds. The van der Waals surface area contributed by atoms with Gasteiger partial charge in [0.25, 0.3) is 0 Å². The van der Waals surface area contributed by atoms with Gasteiger partial charge in [-0.05, 0) is 36.6 Å². The van der Waals surface area contributed by atoms with Gasteiger partial charge in [0, 0.05) is 12.1 Å². The number of amides is 1. The molecule has 1 aliphatic rings. The van der Waals surface area contributed by atoms with Crippen LogP contribution in [0.15, 0.2) is 60.7 Å². The summed E-state index contributed by atoms with van der Waals surface area (Å²) in [4.78, 5) is 12.7. The van der Waals surface area contributed by atoms with Gasteiger partial charge in [-0.1, -0.05) is 42.5 Å². The summed E-state index contributed by atoms with van der Waals surface area (Å²) in [6.07, 6.45) is 0.573. The minimum Gasteiger partial charge on any atom is -0.309 e. The standard InChI is InChI=1S/C21H22FN5O/c1-14-11-20(27(26-14)13-15-5-3-2-4-6-15)23-21(28)19-12-18(24-25-19)16-7-9-17(22)10-8-16/h2-11,18-19,24-25H,12-13H2,1H3,(H,23,28). The largest absolute Gasteiger partial charge is 0.309 e. The van der Waals surface area contributed by atoms with E-state index >= 15 is 0 Å². The molecule has 2 aromatic carbocycles. The van der Waals surface area contributed by atoms with Crippen LogP contribution in [0.4, 0.5) is 10.2 Å². The van der Waals surface area contributed by atoms with Gasteiger partial charge in [-0.3, -0.25) is 4.79 Å². The Hall–Kier alpha value is -3.03. The van der Waals surface area contributed by atoms with E-state index < -0.39 is 6.04 Å². The fourth-order valence-corrected chi connectivity index (χ4v) is 3.38. The average Bonchev–Trinajstić information content (AvgIpc) is 3.30. The molecule has 0 aliphatic carbocycles. The Labute approximate surface area is 162 Å². The van der Waals surface area contributed by atoms with E-state index in [9.17, 15) is 9.18 Å². The Morgan fingerprint density at radius 3 is 2.68 bits per heavy atom. The second-order valence-electron chi connectivity index (χ2n) is 6.98. The van der Waals surface area contributed by atoms with E-state index in [1.807, 2.05) is 43.3 Å². The monoisotopic (exact) mass is 379 g/mol. The smallest absolute Gasteiger partial charge is 0.244 e. The van der Waals surface area contributed by atoms with Crippen LogP contribution >= 0.6 is 0 Å². The number of rotatable bonds is 5. The van der Waals surface area contributed by atoms with Crippen molar-refractivity contribution < 1.29 is 9.18 Å². The van der Waals surface area contributed by atoms with Crippen LogP contribution in [-0.4, -0.2) is 21.7 Å². The number of hydrazine groups is 1. The Morgan fingerprint density at radius 2 is 1.93 bits per heavy atom. The minimum absolute atomic E-state index is 0.0488. The molecule has 1 saturated heterocycles. The van der Waals surface area contributed by atoms with E-state index in [-0.39, 0.29) is 17.8 Å². The van der Waals surface area contributed by atoms with E-state index in [4.69, 9.17) is 0 Å². The Kier molecular flexibility index (Phi) is 5.18. The maximum atomic E-state index is 13.1. The van der Waals surface area contributed by atoms with Crippen LogP contribution in [0.25, 0.3) is 0 Å². The first-order valence-corrected chi connectivity index (χ1v) is 9.24. The van der Waals surface area contributed by atoms with Crippen molar-refractivity contribution in [2.24, 2.45) is 0 Å². The van der Waals surface area contributed by atoms with Crippen molar-refractivity contribution in [3.05, 3.63) is 83.3 Å². The summed E-state index contributed by atoms with van der Waals surface area (Å²) < 4.78 is 14.9. The third-order valence-corrected chi connectivity index (χ3v) is 4.82. The lowest BCUT2D eigenvalue weighted by atomic mass is 10.0. The number of carbonyl (C=O) groups is 1. The summed E-state index contributed by atoms with van der Waals surface area (Å²) >= 11 is 0. The first kappa shape index (κ1) is 18.3. The third-order valence-electron chi connectivity index (χ3n) is 4.82. The molecule has 144 valence electrons. The number of hydrogen-bond acceptors (Lipinski definition) is 4. The van der Waals surface area contributed by atoms with Gasteiger partial charge in [-0.25, -0.2) is 19.9 Å². The van der Waals surface area contributed by atoms with Gasteiger partial charge >= 0.3 is 0 Å². The summed E-state index contributed by atoms with van der Waals surface area (Å²) in [7, 11) is 0. The van der Waals surface area contributed by atoms with E-state index in [0.29, 0.717) is 18.8 Å². The van der Waals surface area contributed by atoms with Gasteiger partial charge in [-0.2, -0.15) is 5.10 Å². The van der Waals surface area contributed by atoms with Crippen molar-refractivity contribution in [2.75, 3.05) is 5.32 Å². The highest BCUT2D eigenvalue weighted by molar-refractivity contribution is 5.94. The van der Waals surface area contributed by atoms with Crippen molar-refractivity contribution >= 4 is 11.7 Å². The number of nitrogens with one attached hydrogen (secondary N) is 3. The summed E-state index contributed by atoms with van der Waals surface area (Å²) in [6.45, 7) is 2.48. The van der Waals surface area contributed by atoms with Crippen molar-refractivity contribution in [3.63, 3.8) is 0 Å². The molecule has 0 saturated carbocycles. The number of aromatic nitrogens is 2. The first-order valence-electron chi connectivity index (χ1n) is 9.24. The number of halogens is 1. The Balaban J connectivity index is 1.42. The quantitative estimate of drug-likeness (QED) is 0.638. The van der Waals surface area contributed by atoms with Gasteiger partial charge in [-0.15, -0.1) is 0 Å². The van der Waals surface area contributed by atoms with Crippen LogP contribution < -0.4 is 16.2 Å². The first-order chi connectivity index (χ1) is 13.6. The highest BCUT2D eigenvalue weighted by atomic mass is 19.1. The normalized spacial score (nSPS) is 18.9. The molecule has 3 aromatic rings. The van der Waals surface area contributed by atoms with Crippen LogP contribution in [0, 0.1) is 12.7 Å². The molecule has 6 nitrogen and oxygen atoms in total. The third kappa shape index (κ3) is 4.11. The second kappa shape index (κ2) is 7.92. The average molecular weight is 379 g/mol. The highest BCUT2D eigenvalue weighted by Gasteiger charge is 2.30. The molecule has 2 atom stereocenters. The van der Waals surface area contributed by atoms with Crippen molar-refractivity contribution in [1.29, 1.82) is 0 Å². The molecule has 1 fully saturated rings. The molecule has 4 rings (SSSR count). The Morgan fingerprint density at radius 1 is 1.18 bits per heavy atom. The number of nitrogens with zero attached hydrogens (tertiary/aromatic N) is 2. The van der Waals surface area contributed by atoms with Gasteiger partial charge < -0.3 is 5.32 Å². The maximum absolute atomic E-state index is 13.1. The van der Waals surface area contributed by atoms with Crippen LogP contribution in [0.5, 0.6) is 0 Å². The van der Waals surface area contributed by atoms with Gasteiger partial charge in [0.05, 0.1) is 12.2 Å². The second-order valence-corrected chi connectivity index (χ2v) is 6.98. The van der Waals surface area contributed by atoms with E-state index in [0.717, 1.165) is 16.8 Å². The SMILES string of the molecule is Cc1cc(NC(=O)C2CC(c3ccc(F)cc3)NN2)n(Cc2ccccc2)n1. The molecule has 2 unspecified atom stereocenters. The zero-order chi connectivity index (χ0) is 19.5. The zero-order valence-electron chi connectivity index (χ0n) is 15.5. The van der Waals surface area contributed by atoms with Crippen molar-refractivity contribution in [2.45, 2.75) is 32.0 Å². The van der Waals surface area contributed by atoms with E-state index in [2.05, 4.69) is 21.3 Å². The van der Waals surface area contributed by atoms with E-state index in [1.54, 1.807) is 16.8 Å². The molecule has 3 N–H and O–H groups in total. The van der Waals surface area contributed by atoms with Gasteiger partial charge in [0.15, 0.2) is 0 Å². The lowest BCUT2D eigenvalue weighted by Crippen LogP contribution is -2.40. The highest BCUT2D eigenvalue weighted by Crippen LogP contribution is 2.23. The lowest BCUT2D eigenvalue weighted by molar-refractivity contribution is -0.117.